The average molecular weight is 244 g/mol. The molecule has 1 heterocycles. The van der Waals surface area contributed by atoms with Gasteiger partial charge >= 0.3 is 0 Å². The number of nitrogens with zero attached hydrogens (tertiary/aromatic N) is 2. The highest BCUT2D eigenvalue weighted by Crippen LogP contribution is 2.21. The van der Waals surface area contributed by atoms with Crippen molar-refractivity contribution in [3.63, 3.8) is 0 Å². The van der Waals surface area contributed by atoms with Gasteiger partial charge in [-0.15, -0.1) is 0 Å². The van der Waals surface area contributed by atoms with Gasteiger partial charge in [-0.3, -0.25) is 4.99 Å². The first kappa shape index (κ1) is 12.5. The van der Waals surface area contributed by atoms with Crippen molar-refractivity contribution in [2.75, 3.05) is 6.54 Å². The van der Waals surface area contributed by atoms with Crippen LogP contribution in [0.4, 0.5) is 0 Å². The molecule has 0 saturated heterocycles. The first-order valence-corrected chi connectivity index (χ1v) is 6.27. The van der Waals surface area contributed by atoms with Gasteiger partial charge < -0.3 is 16.0 Å². The molecule has 1 aromatic heterocycles. The molecular weight excluding hydrogens is 224 g/mol. The van der Waals surface area contributed by atoms with Crippen LogP contribution in [0.5, 0.6) is 0 Å². The van der Waals surface area contributed by atoms with E-state index in [4.69, 9.17) is 11.5 Å². The molecule has 0 amide bonds. The van der Waals surface area contributed by atoms with Gasteiger partial charge in [-0.2, -0.15) is 0 Å². The minimum atomic E-state index is 0.181. The highest BCUT2D eigenvalue weighted by atomic mass is 15.0. The van der Waals surface area contributed by atoms with E-state index in [2.05, 4.69) is 47.1 Å². The lowest BCUT2D eigenvalue weighted by Crippen LogP contribution is -2.22. The number of unbranched alkanes of at least 4 members (excludes halogenated alkanes) is 1. The first-order chi connectivity index (χ1) is 8.68. The van der Waals surface area contributed by atoms with Gasteiger partial charge in [-0.1, -0.05) is 18.2 Å². The standard InChI is InChI=1S/C14H20N4/c1-18-10-11(6-4-5-9-17-14(15)16)12-7-2-3-8-13(12)18/h2-3,7-8,10H,4-6,9H2,1H3,(H4,15,16,17). The number of aliphatic imine (C=N–C) groups is 1. The summed E-state index contributed by atoms with van der Waals surface area (Å²) >= 11 is 0. The Kier molecular flexibility index (Phi) is 3.87. The van der Waals surface area contributed by atoms with E-state index in [0.29, 0.717) is 6.54 Å². The smallest absolute Gasteiger partial charge is 0.185 e. The zero-order valence-corrected chi connectivity index (χ0v) is 10.8. The SMILES string of the molecule is Cn1cc(CCCCN=C(N)N)c2ccccc21. The molecule has 2 rings (SSSR count). The van der Waals surface area contributed by atoms with Gasteiger partial charge in [0, 0.05) is 30.7 Å². The molecule has 0 radical (unpaired) electrons. The largest absolute Gasteiger partial charge is 0.370 e. The second kappa shape index (κ2) is 5.58. The lowest BCUT2D eigenvalue weighted by Gasteiger charge is -1.98. The van der Waals surface area contributed by atoms with Crippen LogP contribution in [-0.4, -0.2) is 17.1 Å². The van der Waals surface area contributed by atoms with Crippen molar-refractivity contribution in [2.24, 2.45) is 23.5 Å². The maximum Gasteiger partial charge on any atom is 0.185 e. The van der Waals surface area contributed by atoms with Crippen molar-refractivity contribution in [3.8, 4) is 0 Å². The molecule has 4 nitrogen and oxygen atoms in total. The van der Waals surface area contributed by atoms with Crippen molar-refractivity contribution in [2.45, 2.75) is 19.3 Å². The molecular formula is C14H20N4. The summed E-state index contributed by atoms with van der Waals surface area (Å²) in [5.74, 6) is 0.181. The van der Waals surface area contributed by atoms with E-state index in [1.807, 2.05) is 0 Å². The summed E-state index contributed by atoms with van der Waals surface area (Å²) in [6.45, 7) is 0.715. The van der Waals surface area contributed by atoms with Crippen LogP contribution in [0.1, 0.15) is 18.4 Å². The fraction of sp³-hybridized carbons (Fsp3) is 0.357. The molecule has 18 heavy (non-hydrogen) atoms. The minimum Gasteiger partial charge on any atom is -0.370 e. The molecule has 4 N–H and O–H groups in total. The number of benzene rings is 1. The maximum absolute atomic E-state index is 5.29. The molecule has 0 aliphatic heterocycles. The first-order valence-electron chi connectivity index (χ1n) is 6.27. The predicted octanol–water partition coefficient (Wildman–Crippen LogP) is 1.77. The molecule has 96 valence electrons. The summed E-state index contributed by atoms with van der Waals surface area (Å²) in [5, 5.41) is 1.35. The van der Waals surface area contributed by atoms with Gasteiger partial charge in [0.15, 0.2) is 5.96 Å². The van der Waals surface area contributed by atoms with Crippen LogP contribution >= 0.6 is 0 Å². The number of guanidine groups is 1. The molecule has 2 aromatic rings. The molecule has 0 spiro atoms. The number of aromatic nitrogens is 1. The third kappa shape index (κ3) is 2.83. The van der Waals surface area contributed by atoms with Crippen molar-refractivity contribution >= 4 is 16.9 Å². The summed E-state index contributed by atoms with van der Waals surface area (Å²) in [5.41, 5.74) is 13.3. The van der Waals surface area contributed by atoms with Gasteiger partial charge in [-0.25, -0.2) is 0 Å². The number of fused-ring (bicyclic) bond motifs is 1. The lowest BCUT2D eigenvalue weighted by atomic mass is 10.1. The molecule has 0 aliphatic rings. The minimum absolute atomic E-state index is 0.181. The Morgan fingerprint density at radius 2 is 2.00 bits per heavy atom. The fourth-order valence-corrected chi connectivity index (χ4v) is 2.26. The van der Waals surface area contributed by atoms with Gasteiger partial charge in [0.25, 0.3) is 0 Å². The van der Waals surface area contributed by atoms with Crippen molar-refractivity contribution < 1.29 is 0 Å². The van der Waals surface area contributed by atoms with Crippen LogP contribution in [0.3, 0.4) is 0 Å². The second-order valence-electron chi connectivity index (χ2n) is 4.55. The molecule has 0 saturated carbocycles. The molecule has 4 heteroatoms. The lowest BCUT2D eigenvalue weighted by molar-refractivity contribution is 0.745. The predicted molar refractivity (Wildman–Crippen MR) is 76.5 cm³/mol. The van der Waals surface area contributed by atoms with Gasteiger partial charge in [0.05, 0.1) is 0 Å². The van der Waals surface area contributed by atoms with E-state index in [1.165, 1.54) is 16.5 Å². The number of hydrogen-bond acceptors (Lipinski definition) is 1. The zero-order valence-electron chi connectivity index (χ0n) is 10.8. The summed E-state index contributed by atoms with van der Waals surface area (Å²) in [6.07, 6.45) is 5.40. The number of rotatable bonds is 5. The van der Waals surface area contributed by atoms with E-state index < -0.39 is 0 Å². The number of nitrogens with two attached hydrogens (primary N) is 2. The van der Waals surface area contributed by atoms with Crippen LogP contribution in [-0.2, 0) is 13.5 Å². The van der Waals surface area contributed by atoms with Gasteiger partial charge in [0.1, 0.15) is 0 Å². The van der Waals surface area contributed by atoms with Crippen LogP contribution in [0.15, 0.2) is 35.5 Å². The van der Waals surface area contributed by atoms with E-state index >= 15 is 0 Å². The highest BCUT2D eigenvalue weighted by molar-refractivity contribution is 5.83. The van der Waals surface area contributed by atoms with Crippen LogP contribution in [0, 0.1) is 0 Å². The highest BCUT2D eigenvalue weighted by Gasteiger charge is 2.04. The zero-order chi connectivity index (χ0) is 13.0. The quantitative estimate of drug-likeness (QED) is 0.478. The molecule has 0 bridgehead atoms. The Balaban J connectivity index is 1.98. The normalized spacial score (nSPS) is 10.7. The summed E-state index contributed by atoms with van der Waals surface area (Å²) in [6, 6.07) is 8.50. The monoisotopic (exact) mass is 244 g/mol. The van der Waals surface area contributed by atoms with Crippen molar-refractivity contribution in [1.82, 2.24) is 4.57 Å². The average Bonchev–Trinajstić information content (AvgIpc) is 2.66. The Labute approximate surface area is 107 Å². The van der Waals surface area contributed by atoms with Gasteiger partial charge in [0.2, 0.25) is 0 Å². The summed E-state index contributed by atoms with van der Waals surface area (Å²) in [4.78, 5) is 3.99. The third-order valence-corrected chi connectivity index (χ3v) is 3.13. The topological polar surface area (TPSA) is 69.3 Å². The summed E-state index contributed by atoms with van der Waals surface area (Å²) < 4.78 is 2.18. The molecule has 0 aliphatic carbocycles. The number of para-hydroxylation sites is 1. The molecule has 0 unspecified atom stereocenters. The van der Waals surface area contributed by atoms with Crippen molar-refractivity contribution in [1.29, 1.82) is 0 Å². The summed E-state index contributed by atoms with van der Waals surface area (Å²) in [7, 11) is 2.09. The molecule has 0 atom stereocenters. The Bertz CT molecular complexity index is 550. The van der Waals surface area contributed by atoms with E-state index in [9.17, 15) is 0 Å². The molecule has 0 fully saturated rings. The van der Waals surface area contributed by atoms with E-state index in [1.54, 1.807) is 0 Å². The van der Waals surface area contributed by atoms with Gasteiger partial charge in [-0.05, 0) is 30.9 Å². The number of aryl methyl sites for hydroxylation is 2. The van der Waals surface area contributed by atoms with Crippen LogP contribution < -0.4 is 11.5 Å². The van der Waals surface area contributed by atoms with Crippen LogP contribution in [0.25, 0.3) is 10.9 Å². The third-order valence-electron chi connectivity index (χ3n) is 3.13. The number of hydrogen-bond donors (Lipinski definition) is 2. The van der Waals surface area contributed by atoms with E-state index in [0.717, 1.165) is 19.3 Å². The van der Waals surface area contributed by atoms with E-state index in [-0.39, 0.29) is 5.96 Å². The molecule has 1 aromatic carbocycles. The Hall–Kier alpha value is -1.97. The maximum atomic E-state index is 5.29. The second-order valence-corrected chi connectivity index (χ2v) is 4.55. The fourth-order valence-electron chi connectivity index (χ4n) is 2.26. The Morgan fingerprint density at radius 1 is 1.22 bits per heavy atom. The van der Waals surface area contributed by atoms with Crippen LogP contribution in [0.2, 0.25) is 0 Å². The Morgan fingerprint density at radius 3 is 2.78 bits per heavy atom. The van der Waals surface area contributed by atoms with Crippen molar-refractivity contribution in [3.05, 3.63) is 36.0 Å².